The Balaban J connectivity index is 0.00000162. The van der Waals surface area contributed by atoms with E-state index < -0.39 is 28.1 Å². The van der Waals surface area contributed by atoms with Crippen molar-refractivity contribution in [2.24, 2.45) is 0 Å². The standard InChI is InChI=1S/C12H22NO2SiTe.HI/c1-3-17(4-2)12-16-11-5-6-13(7-9-14-16)8-10-15-16;/h3-4H,1-2,5-12H2;1H/q+1;/p-1. The molecule has 3 aliphatic heterocycles. The molecule has 0 spiro atoms. The fourth-order valence-electron chi connectivity index (χ4n) is 2.41. The van der Waals surface area contributed by atoms with Crippen LogP contribution in [0.15, 0.2) is 21.4 Å². The molecule has 0 atom stereocenters. The van der Waals surface area contributed by atoms with Crippen molar-refractivity contribution in [3.8, 4) is 0 Å². The van der Waals surface area contributed by atoms with Crippen molar-refractivity contribution in [3.63, 3.8) is 0 Å². The first-order valence-electron chi connectivity index (χ1n) is 6.22. The third-order valence-corrected chi connectivity index (χ3v) is 15.8. The predicted octanol–water partition coefficient (Wildman–Crippen LogP) is -1.33. The Bertz CT molecular complexity index is 259. The molecule has 0 radical (unpaired) electrons. The summed E-state index contributed by atoms with van der Waals surface area (Å²) in [6.07, 6.45) is 1.23. The molecule has 6 heteroatoms. The normalized spacial score (nSPS) is 31.9. The third kappa shape index (κ3) is 4.58. The molecule has 0 aromatic rings. The van der Waals surface area contributed by atoms with Gasteiger partial charge in [-0.1, -0.05) is 0 Å². The molecule has 0 N–H and O–H groups in total. The minimum absolute atomic E-state index is 0. The number of hydrogen-bond donors (Lipinski definition) is 0. The van der Waals surface area contributed by atoms with Gasteiger partial charge >= 0.3 is 113 Å². The molecule has 0 aromatic heterocycles. The van der Waals surface area contributed by atoms with Gasteiger partial charge in [0.05, 0.1) is 0 Å². The van der Waals surface area contributed by atoms with Crippen molar-refractivity contribution in [1.29, 1.82) is 0 Å². The Morgan fingerprint density at radius 1 is 1.11 bits per heavy atom. The smallest absolute Gasteiger partial charge is 1.00 e. The molecular weight excluding hydrogens is 473 g/mol. The summed E-state index contributed by atoms with van der Waals surface area (Å²) in [6, 6.07) is 1.16. The van der Waals surface area contributed by atoms with E-state index in [4.69, 9.17) is 8.85 Å². The van der Waals surface area contributed by atoms with Gasteiger partial charge in [-0.25, -0.2) is 0 Å². The Kier molecular flexibility index (Phi) is 8.00. The van der Waals surface area contributed by atoms with Crippen LogP contribution < -0.4 is 24.0 Å². The van der Waals surface area contributed by atoms with Crippen LogP contribution >= 0.6 is 0 Å². The van der Waals surface area contributed by atoms with Gasteiger partial charge in [-0.05, 0) is 0 Å². The molecule has 0 unspecified atom stereocenters. The molecule has 3 heterocycles. The van der Waals surface area contributed by atoms with Crippen LogP contribution in [0.3, 0.4) is 0 Å². The number of fused-ring (bicyclic) bond motifs is 6. The van der Waals surface area contributed by atoms with Crippen LogP contribution in [0, 0.1) is 0 Å². The van der Waals surface area contributed by atoms with E-state index in [1.807, 2.05) is 0 Å². The molecular formula is C12H22INO2SiTe. The summed E-state index contributed by atoms with van der Waals surface area (Å²) in [5, 5.41) is 0. The second kappa shape index (κ2) is 8.40. The summed E-state index contributed by atoms with van der Waals surface area (Å²) in [6.45, 7) is 13.0. The zero-order chi connectivity index (χ0) is 12.1. The van der Waals surface area contributed by atoms with Crippen molar-refractivity contribution in [2.75, 3.05) is 32.8 Å². The van der Waals surface area contributed by atoms with E-state index >= 15 is 0 Å². The molecule has 3 rings (SSSR count). The summed E-state index contributed by atoms with van der Waals surface area (Å²) in [7, 11) is -1.93. The fourth-order valence-corrected chi connectivity index (χ4v) is 14.9. The van der Waals surface area contributed by atoms with Crippen molar-refractivity contribution >= 4 is 28.1 Å². The number of hydrogen-bond acceptors (Lipinski definition) is 3. The molecule has 3 nitrogen and oxygen atoms in total. The Hall–Kier alpha value is 1.10. The van der Waals surface area contributed by atoms with Gasteiger partial charge in [-0.2, -0.15) is 0 Å². The molecule has 104 valence electrons. The third-order valence-electron chi connectivity index (χ3n) is 3.39. The topological polar surface area (TPSA) is 21.7 Å². The summed E-state index contributed by atoms with van der Waals surface area (Å²) >= 11 is -1.37. The summed E-state index contributed by atoms with van der Waals surface area (Å²) in [5.41, 5.74) is 0. The summed E-state index contributed by atoms with van der Waals surface area (Å²) in [5.74, 6) is 0. The first-order chi connectivity index (χ1) is 8.28. The van der Waals surface area contributed by atoms with Crippen molar-refractivity contribution in [2.45, 2.75) is 16.6 Å². The van der Waals surface area contributed by atoms with E-state index in [9.17, 15) is 0 Å². The fraction of sp³-hybridized carbons (Fsp3) is 0.667. The first-order valence-corrected chi connectivity index (χ1v) is 12.8. The minimum Gasteiger partial charge on any atom is -1.00 e. The van der Waals surface area contributed by atoms with Gasteiger partial charge in [0.1, 0.15) is 0 Å². The molecule has 2 bridgehead atoms. The average molecular weight is 495 g/mol. The molecule has 3 saturated heterocycles. The molecule has 3 aliphatic rings. The van der Waals surface area contributed by atoms with Crippen LogP contribution in [0.25, 0.3) is 0 Å². The van der Waals surface area contributed by atoms with E-state index in [1.165, 1.54) is 13.0 Å². The molecule has 18 heavy (non-hydrogen) atoms. The van der Waals surface area contributed by atoms with E-state index in [2.05, 4.69) is 26.3 Å². The molecule has 0 amide bonds. The Labute approximate surface area is 136 Å². The second-order valence-corrected chi connectivity index (χ2v) is 14.7. The van der Waals surface area contributed by atoms with Crippen LogP contribution in [0.5, 0.6) is 0 Å². The number of rotatable bonds is 4. The van der Waals surface area contributed by atoms with Gasteiger partial charge in [0.15, 0.2) is 0 Å². The predicted molar refractivity (Wildman–Crippen MR) is 74.5 cm³/mol. The molecule has 3 fully saturated rings. The van der Waals surface area contributed by atoms with Crippen molar-refractivity contribution in [3.05, 3.63) is 21.4 Å². The first kappa shape index (κ1) is 17.1. The van der Waals surface area contributed by atoms with Crippen LogP contribution in [0.2, 0.25) is 10.1 Å². The summed E-state index contributed by atoms with van der Waals surface area (Å²) in [4.78, 5) is 2.45. The minimum atomic E-state index is -1.93. The molecule has 0 saturated carbocycles. The molecule has 0 aromatic carbocycles. The maximum atomic E-state index is 6.20. The SMILES string of the molecule is C=C[Te+](C=C)C[Si]12CCCN(CCO1)CCO2.[I-]. The van der Waals surface area contributed by atoms with E-state index in [-0.39, 0.29) is 24.0 Å². The largest absolute Gasteiger partial charge is 1.00 e. The van der Waals surface area contributed by atoms with Gasteiger partial charge in [-0.15, -0.1) is 0 Å². The zero-order valence-corrected chi connectivity index (χ0v) is 16.3. The van der Waals surface area contributed by atoms with Gasteiger partial charge in [-0.3, -0.25) is 0 Å². The van der Waals surface area contributed by atoms with Crippen LogP contribution in [0.1, 0.15) is 6.42 Å². The van der Waals surface area contributed by atoms with Crippen LogP contribution in [0.4, 0.5) is 0 Å². The van der Waals surface area contributed by atoms with Gasteiger partial charge in [0, 0.05) is 0 Å². The zero-order valence-electron chi connectivity index (χ0n) is 10.8. The number of nitrogens with zero attached hydrogens (tertiary/aromatic N) is 1. The van der Waals surface area contributed by atoms with Crippen LogP contribution in [-0.4, -0.2) is 65.9 Å². The maximum Gasteiger partial charge on any atom is -1.00 e. The second-order valence-electron chi connectivity index (χ2n) is 4.50. The van der Waals surface area contributed by atoms with E-state index in [0.29, 0.717) is 0 Å². The summed E-state index contributed by atoms with van der Waals surface area (Å²) < 4.78 is 17.8. The quantitative estimate of drug-likeness (QED) is 0.357. The Morgan fingerprint density at radius 3 is 2.28 bits per heavy atom. The average Bonchev–Trinajstić information content (AvgIpc) is 2.26. The van der Waals surface area contributed by atoms with E-state index in [0.717, 1.165) is 36.4 Å². The molecule has 0 aliphatic carbocycles. The van der Waals surface area contributed by atoms with Crippen molar-refractivity contribution in [1.82, 2.24) is 4.90 Å². The van der Waals surface area contributed by atoms with E-state index in [1.54, 1.807) is 0 Å². The van der Waals surface area contributed by atoms with Crippen LogP contribution in [-0.2, 0) is 8.85 Å². The number of halogens is 1. The Morgan fingerprint density at radius 2 is 1.72 bits per heavy atom. The van der Waals surface area contributed by atoms with Gasteiger partial charge < -0.3 is 24.0 Å². The maximum absolute atomic E-state index is 6.20. The van der Waals surface area contributed by atoms with Gasteiger partial charge in [0.2, 0.25) is 0 Å². The monoisotopic (exact) mass is 497 g/mol. The van der Waals surface area contributed by atoms with Crippen molar-refractivity contribution < 1.29 is 32.8 Å². The van der Waals surface area contributed by atoms with Gasteiger partial charge in [0.25, 0.3) is 0 Å².